The van der Waals surface area contributed by atoms with Crippen molar-refractivity contribution < 1.29 is 27.8 Å². The lowest BCUT2D eigenvalue weighted by Crippen LogP contribution is -2.23. The Hall–Kier alpha value is -2.27. The van der Waals surface area contributed by atoms with E-state index in [9.17, 15) is 23.6 Å². The Kier molecular flexibility index (Phi) is 3.07. The maximum absolute atomic E-state index is 12.2. The van der Waals surface area contributed by atoms with Crippen LogP contribution in [0.5, 0.6) is 11.5 Å². The van der Waals surface area contributed by atoms with Gasteiger partial charge in [-0.15, -0.1) is 0 Å². The van der Waals surface area contributed by atoms with Gasteiger partial charge in [-0.2, -0.15) is 5.26 Å². The third-order valence-electron chi connectivity index (χ3n) is 4.22. The Bertz CT molecular complexity index is 796. The van der Waals surface area contributed by atoms with E-state index in [0.717, 1.165) is 0 Å². The van der Waals surface area contributed by atoms with Crippen molar-refractivity contribution in [2.75, 3.05) is 12.5 Å². The first-order valence-electron chi connectivity index (χ1n) is 6.64. The molecular weight excluding hydrogens is 310 g/mol. The van der Waals surface area contributed by atoms with Gasteiger partial charge in [0.1, 0.15) is 5.25 Å². The first-order chi connectivity index (χ1) is 10.4. The zero-order valence-electron chi connectivity index (χ0n) is 11.6. The zero-order chi connectivity index (χ0) is 16.1. The molecule has 116 valence electrons. The van der Waals surface area contributed by atoms with E-state index in [2.05, 4.69) is 0 Å². The van der Waals surface area contributed by atoms with Crippen molar-refractivity contribution in [3.63, 3.8) is 0 Å². The lowest BCUT2D eigenvalue weighted by Gasteiger charge is -2.03. The van der Waals surface area contributed by atoms with Gasteiger partial charge in [-0.05, 0) is 17.7 Å². The van der Waals surface area contributed by atoms with Gasteiger partial charge in [-0.1, -0.05) is 13.0 Å². The van der Waals surface area contributed by atoms with Gasteiger partial charge in [0.25, 0.3) is 0 Å². The number of benzene rings is 1. The number of ether oxygens (including phenoxy) is 2. The number of hydrogen-bond acceptors (Lipinski definition) is 6. The van der Waals surface area contributed by atoms with Crippen molar-refractivity contribution in [3.05, 3.63) is 23.8 Å². The zero-order valence-corrected chi connectivity index (χ0v) is 12.5. The molecule has 1 N–H and O–H groups in total. The summed E-state index contributed by atoms with van der Waals surface area (Å²) < 4.78 is 34.8. The molecule has 1 aliphatic carbocycles. The monoisotopic (exact) mass is 323 g/mol. The minimum absolute atomic E-state index is 0.0580. The van der Waals surface area contributed by atoms with Crippen molar-refractivity contribution in [2.45, 2.75) is 18.1 Å². The van der Waals surface area contributed by atoms with E-state index >= 15 is 0 Å². The summed E-state index contributed by atoms with van der Waals surface area (Å²) in [5.41, 5.74) is -1.49. The summed E-state index contributed by atoms with van der Waals surface area (Å²) in [5.74, 6) is -1.60. The van der Waals surface area contributed by atoms with Gasteiger partial charge in [0.15, 0.2) is 26.8 Å². The lowest BCUT2D eigenvalue weighted by molar-refractivity contribution is -0.141. The van der Waals surface area contributed by atoms with Gasteiger partial charge >= 0.3 is 5.97 Å². The molecule has 0 saturated heterocycles. The lowest BCUT2D eigenvalue weighted by atomic mass is 10.0. The fourth-order valence-electron chi connectivity index (χ4n) is 3.01. The number of hydrogen-bond donors (Lipinski definition) is 1. The van der Waals surface area contributed by atoms with Gasteiger partial charge in [0, 0.05) is 11.7 Å². The van der Waals surface area contributed by atoms with E-state index in [4.69, 9.17) is 9.47 Å². The van der Waals surface area contributed by atoms with Crippen LogP contribution in [0, 0.1) is 16.7 Å². The minimum atomic E-state index is -3.68. The third kappa shape index (κ3) is 1.78. The molecule has 2 aliphatic rings. The molecule has 1 fully saturated rings. The highest BCUT2D eigenvalue weighted by molar-refractivity contribution is 7.92. The van der Waals surface area contributed by atoms with Crippen molar-refractivity contribution in [2.24, 2.45) is 5.41 Å². The van der Waals surface area contributed by atoms with Crippen LogP contribution in [0.15, 0.2) is 18.2 Å². The van der Waals surface area contributed by atoms with Gasteiger partial charge < -0.3 is 14.6 Å². The second-order valence-corrected chi connectivity index (χ2v) is 7.66. The Labute approximate surface area is 127 Å². The van der Waals surface area contributed by atoms with Crippen LogP contribution in [-0.4, -0.2) is 37.3 Å². The van der Waals surface area contributed by atoms with E-state index in [1.165, 1.54) is 6.92 Å². The molecule has 1 aromatic carbocycles. The van der Waals surface area contributed by atoms with Crippen LogP contribution in [0.1, 0.15) is 18.4 Å². The number of fused-ring (bicyclic) bond motifs is 1. The maximum atomic E-state index is 12.2. The molecular formula is C14H13NO6S. The van der Waals surface area contributed by atoms with Crippen LogP contribution in [0.3, 0.4) is 0 Å². The SMILES string of the molecule is CCS(=O)(=O)[C@@H]1[C@@H](c2ccc3c(c2)OCO3)[C@]1(C#N)C(=O)O. The smallest absolute Gasteiger partial charge is 0.326 e. The normalized spacial score (nSPS) is 28.9. The van der Waals surface area contributed by atoms with Gasteiger partial charge in [-0.25, -0.2) is 8.42 Å². The van der Waals surface area contributed by atoms with Crippen molar-refractivity contribution in [1.29, 1.82) is 5.26 Å². The van der Waals surface area contributed by atoms with Crippen LogP contribution in [-0.2, 0) is 14.6 Å². The molecule has 3 rings (SSSR count). The number of aliphatic carboxylic acids is 1. The molecule has 0 amide bonds. The third-order valence-corrected chi connectivity index (χ3v) is 6.44. The standard InChI is InChI=1S/C14H13NO6S/c1-2-22(18,19)12-11(14(12,6-15)13(16)17)8-3-4-9-10(5-8)21-7-20-9/h3-5,11-12H,2,7H2,1H3,(H,16,17)/t11-,12-,14+/m1/s1. The molecule has 1 saturated carbocycles. The summed E-state index contributed by atoms with van der Waals surface area (Å²) >= 11 is 0. The Morgan fingerprint density at radius 2 is 2.14 bits per heavy atom. The predicted octanol–water partition coefficient (Wildman–Crippen LogP) is 0.910. The van der Waals surface area contributed by atoms with Crippen molar-refractivity contribution in [1.82, 2.24) is 0 Å². The van der Waals surface area contributed by atoms with Crippen LogP contribution in [0.4, 0.5) is 0 Å². The fraction of sp³-hybridized carbons (Fsp3) is 0.429. The molecule has 0 unspecified atom stereocenters. The summed E-state index contributed by atoms with van der Waals surface area (Å²) in [5, 5.41) is 17.5. The molecule has 22 heavy (non-hydrogen) atoms. The summed E-state index contributed by atoms with van der Waals surface area (Å²) in [6.45, 7) is 1.50. The van der Waals surface area contributed by atoms with E-state index < -0.39 is 32.4 Å². The van der Waals surface area contributed by atoms with E-state index in [1.807, 2.05) is 0 Å². The molecule has 0 spiro atoms. The molecule has 1 aromatic rings. The average Bonchev–Trinajstić information content (AvgIpc) is 3.00. The number of nitrogens with zero attached hydrogens (tertiary/aromatic N) is 1. The topological polar surface area (TPSA) is 114 Å². The predicted molar refractivity (Wildman–Crippen MR) is 74.2 cm³/mol. The van der Waals surface area contributed by atoms with Crippen LogP contribution >= 0.6 is 0 Å². The summed E-state index contributed by atoms with van der Waals surface area (Å²) in [7, 11) is -3.68. The first kappa shape index (κ1) is 14.7. The second kappa shape index (κ2) is 4.61. The maximum Gasteiger partial charge on any atom is 0.326 e. The molecule has 1 heterocycles. The van der Waals surface area contributed by atoms with Gasteiger partial charge in [0.2, 0.25) is 6.79 Å². The molecule has 3 atom stereocenters. The molecule has 0 aromatic heterocycles. The first-order valence-corrected chi connectivity index (χ1v) is 8.35. The molecule has 0 radical (unpaired) electrons. The van der Waals surface area contributed by atoms with Crippen LogP contribution < -0.4 is 9.47 Å². The number of rotatable bonds is 4. The van der Waals surface area contributed by atoms with Crippen LogP contribution in [0.25, 0.3) is 0 Å². The van der Waals surface area contributed by atoms with Crippen molar-refractivity contribution >= 4 is 15.8 Å². The molecule has 8 heteroatoms. The highest BCUT2D eigenvalue weighted by atomic mass is 32.2. The fourth-order valence-corrected chi connectivity index (χ4v) is 4.94. The molecule has 1 aliphatic heterocycles. The molecule has 0 bridgehead atoms. The largest absolute Gasteiger partial charge is 0.480 e. The second-order valence-electron chi connectivity index (χ2n) is 5.25. The Morgan fingerprint density at radius 1 is 1.45 bits per heavy atom. The average molecular weight is 323 g/mol. The van der Waals surface area contributed by atoms with Crippen molar-refractivity contribution in [3.8, 4) is 17.6 Å². The van der Waals surface area contributed by atoms with Gasteiger partial charge in [-0.3, -0.25) is 4.79 Å². The van der Waals surface area contributed by atoms with Crippen LogP contribution in [0.2, 0.25) is 0 Å². The van der Waals surface area contributed by atoms with E-state index in [-0.39, 0.29) is 12.5 Å². The highest BCUT2D eigenvalue weighted by Crippen LogP contribution is 2.63. The summed E-state index contributed by atoms with van der Waals surface area (Å²) in [4.78, 5) is 11.6. The Morgan fingerprint density at radius 3 is 2.73 bits per heavy atom. The summed E-state index contributed by atoms with van der Waals surface area (Å²) in [6.07, 6.45) is 0. The number of sulfone groups is 1. The minimum Gasteiger partial charge on any atom is -0.480 e. The number of carbonyl (C=O) groups is 1. The van der Waals surface area contributed by atoms with Gasteiger partial charge in [0.05, 0.1) is 6.07 Å². The van der Waals surface area contributed by atoms with E-state index in [1.54, 1.807) is 24.3 Å². The molecule has 7 nitrogen and oxygen atoms in total. The number of carboxylic acids is 1. The quantitative estimate of drug-likeness (QED) is 0.876. The Balaban J connectivity index is 2.09. The number of carboxylic acid groups (broad SMARTS) is 1. The summed E-state index contributed by atoms with van der Waals surface area (Å²) in [6, 6.07) is 6.43. The van der Waals surface area contributed by atoms with E-state index in [0.29, 0.717) is 17.1 Å². The highest BCUT2D eigenvalue weighted by Gasteiger charge is 2.76. The number of nitriles is 1.